The van der Waals surface area contributed by atoms with Crippen LogP contribution in [0.25, 0.3) is 21.9 Å². The number of rotatable bonds is 1. The Kier molecular flexibility index (Phi) is 3.37. The topological polar surface area (TPSA) is 6.48 Å². The third-order valence-electron chi connectivity index (χ3n) is 6.91. The lowest BCUT2D eigenvalue weighted by Gasteiger charge is -2.29. The van der Waals surface area contributed by atoms with Gasteiger partial charge in [-0.05, 0) is 83.1 Å². The average molecular weight is 377 g/mol. The molecule has 0 amide bonds. The van der Waals surface area contributed by atoms with E-state index in [9.17, 15) is 0 Å². The monoisotopic (exact) mass is 376 g/mol. The minimum absolute atomic E-state index is 0.301. The molecule has 2 aliphatic rings. The highest BCUT2D eigenvalue weighted by Gasteiger charge is 2.33. The van der Waals surface area contributed by atoms with Crippen molar-refractivity contribution in [1.29, 1.82) is 0 Å². The predicted octanol–water partition coefficient (Wildman–Crippen LogP) is 6.65. The SMILES string of the molecule is Cc1c(N2c3ccccc3N(C)[C@@H]2C)ccc2c1Cc1cc3ccccc3cc1-2. The molecule has 6 rings (SSSR count). The third kappa shape index (κ3) is 2.23. The molecule has 1 heterocycles. The quantitative estimate of drug-likeness (QED) is 0.323. The van der Waals surface area contributed by atoms with Gasteiger partial charge in [0.05, 0.1) is 11.4 Å². The number of hydrogen-bond acceptors (Lipinski definition) is 2. The lowest BCUT2D eigenvalue weighted by molar-refractivity contribution is 0.732. The van der Waals surface area contributed by atoms with Crippen molar-refractivity contribution in [2.75, 3.05) is 16.8 Å². The second kappa shape index (κ2) is 5.87. The Morgan fingerprint density at radius 2 is 1.45 bits per heavy atom. The Labute approximate surface area is 172 Å². The molecule has 142 valence electrons. The Balaban J connectivity index is 1.51. The maximum absolute atomic E-state index is 2.49. The van der Waals surface area contributed by atoms with Crippen molar-refractivity contribution in [2.24, 2.45) is 0 Å². The van der Waals surface area contributed by atoms with Crippen molar-refractivity contribution in [2.45, 2.75) is 26.4 Å². The lowest BCUT2D eigenvalue weighted by Crippen LogP contribution is -2.36. The van der Waals surface area contributed by atoms with Crippen LogP contribution in [-0.4, -0.2) is 13.2 Å². The standard InChI is InChI=1S/C27H24N2/c1-17-23-16-21-14-19-8-4-5-9-20(19)15-24(21)22(23)12-13-25(17)29-18(2)28(3)26-10-6-7-11-27(26)29/h4-15,18H,16H2,1-3H3/t18-/m0/s1. The summed E-state index contributed by atoms with van der Waals surface area (Å²) in [6.07, 6.45) is 1.32. The minimum atomic E-state index is 0.301. The lowest BCUT2D eigenvalue weighted by atomic mass is 9.98. The number of benzene rings is 4. The number of fused-ring (bicyclic) bond motifs is 5. The van der Waals surface area contributed by atoms with Crippen LogP contribution in [0.2, 0.25) is 0 Å². The molecule has 0 spiro atoms. The fraction of sp³-hybridized carbons (Fsp3) is 0.185. The first kappa shape index (κ1) is 16.7. The van der Waals surface area contributed by atoms with E-state index in [0.717, 1.165) is 6.42 Å². The molecule has 29 heavy (non-hydrogen) atoms. The molecule has 1 atom stereocenters. The fourth-order valence-electron chi connectivity index (χ4n) is 5.23. The molecule has 0 radical (unpaired) electrons. The molecule has 0 aromatic heterocycles. The molecule has 4 aromatic carbocycles. The molecule has 2 nitrogen and oxygen atoms in total. The molecular weight excluding hydrogens is 352 g/mol. The van der Waals surface area contributed by atoms with E-state index >= 15 is 0 Å². The molecule has 1 aliphatic heterocycles. The highest BCUT2D eigenvalue weighted by Crippen LogP contribution is 2.48. The van der Waals surface area contributed by atoms with E-state index in [1.165, 1.54) is 55.7 Å². The van der Waals surface area contributed by atoms with Crippen molar-refractivity contribution in [3.63, 3.8) is 0 Å². The number of hydrogen-bond donors (Lipinski definition) is 0. The van der Waals surface area contributed by atoms with Gasteiger partial charge in [-0.3, -0.25) is 0 Å². The van der Waals surface area contributed by atoms with E-state index in [2.05, 4.69) is 103 Å². The normalized spacial score (nSPS) is 16.9. The van der Waals surface area contributed by atoms with Crippen LogP contribution in [0.5, 0.6) is 0 Å². The van der Waals surface area contributed by atoms with Crippen molar-refractivity contribution in [1.82, 2.24) is 0 Å². The predicted molar refractivity (Wildman–Crippen MR) is 123 cm³/mol. The van der Waals surface area contributed by atoms with Gasteiger partial charge < -0.3 is 9.80 Å². The summed E-state index contributed by atoms with van der Waals surface area (Å²) >= 11 is 0. The Bertz CT molecular complexity index is 1290. The van der Waals surface area contributed by atoms with Crippen LogP contribution >= 0.6 is 0 Å². The maximum atomic E-state index is 2.49. The number of anilines is 3. The average Bonchev–Trinajstić information content (AvgIpc) is 3.23. The summed E-state index contributed by atoms with van der Waals surface area (Å²) in [4.78, 5) is 4.86. The molecule has 0 saturated carbocycles. The summed E-state index contributed by atoms with van der Waals surface area (Å²) in [6.45, 7) is 4.58. The van der Waals surface area contributed by atoms with Gasteiger partial charge in [0.2, 0.25) is 0 Å². The van der Waals surface area contributed by atoms with E-state index in [1.807, 2.05) is 0 Å². The van der Waals surface area contributed by atoms with Crippen LogP contribution in [0.3, 0.4) is 0 Å². The molecule has 0 saturated heterocycles. The van der Waals surface area contributed by atoms with Crippen LogP contribution < -0.4 is 9.80 Å². The van der Waals surface area contributed by atoms with E-state index in [1.54, 1.807) is 0 Å². The van der Waals surface area contributed by atoms with E-state index < -0.39 is 0 Å². The van der Waals surface area contributed by atoms with Gasteiger partial charge >= 0.3 is 0 Å². The molecule has 0 unspecified atom stereocenters. The van der Waals surface area contributed by atoms with Crippen LogP contribution in [0.1, 0.15) is 23.6 Å². The second-order valence-electron chi connectivity index (χ2n) is 8.37. The molecule has 0 fully saturated rings. The third-order valence-corrected chi connectivity index (χ3v) is 6.91. The number of nitrogens with zero attached hydrogens (tertiary/aromatic N) is 2. The second-order valence-corrected chi connectivity index (χ2v) is 8.37. The highest BCUT2D eigenvalue weighted by atomic mass is 15.4. The zero-order valence-electron chi connectivity index (χ0n) is 17.1. The summed E-state index contributed by atoms with van der Waals surface area (Å²) in [5.74, 6) is 0. The first-order valence-electron chi connectivity index (χ1n) is 10.4. The van der Waals surface area contributed by atoms with Gasteiger partial charge in [-0.1, -0.05) is 48.5 Å². The minimum Gasteiger partial charge on any atom is -0.353 e. The zero-order chi connectivity index (χ0) is 19.7. The van der Waals surface area contributed by atoms with Gasteiger partial charge in [0.1, 0.15) is 6.17 Å². The number of para-hydroxylation sites is 2. The Morgan fingerprint density at radius 3 is 2.24 bits per heavy atom. The van der Waals surface area contributed by atoms with Crippen LogP contribution in [0.4, 0.5) is 17.1 Å². The van der Waals surface area contributed by atoms with Crippen LogP contribution in [0, 0.1) is 6.92 Å². The van der Waals surface area contributed by atoms with Gasteiger partial charge in [0.25, 0.3) is 0 Å². The molecule has 0 N–H and O–H groups in total. The highest BCUT2D eigenvalue weighted by molar-refractivity contribution is 5.93. The van der Waals surface area contributed by atoms with Crippen molar-refractivity contribution >= 4 is 27.8 Å². The van der Waals surface area contributed by atoms with Gasteiger partial charge in [0.15, 0.2) is 0 Å². The molecule has 1 aliphatic carbocycles. The first-order valence-corrected chi connectivity index (χ1v) is 10.4. The van der Waals surface area contributed by atoms with Gasteiger partial charge in [-0.2, -0.15) is 0 Å². The smallest absolute Gasteiger partial charge is 0.103 e. The van der Waals surface area contributed by atoms with E-state index in [4.69, 9.17) is 0 Å². The first-order chi connectivity index (χ1) is 14.1. The summed E-state index contributed by atoms with van der Waals surface area (Å²) in [7, 11) is 2.19. The molecule has 2 heteroatoms. The summed E-state index contributed by atoms with van der Waals surface area (Å²) in [5, 5.41) is 2.66. The largest absolute Gasteiger partial charge is 0.353 e. The zero-order valence-corrected chi connectivity index (χ0v) is 17.1. The van der Waals surface area contributed by atoms with Gasteiger partial charge in [-0.25, -0.2) is 0 Å². The fourth-order valence-corrected chi connectivity index (χ4v) is 5.23. The van der Waals surface area contributed by atoms with Crippen LogP contribution in [-0.2, 0) is 6.42 Å². The Hall–Kier alpha value is -3.26. The van der Waals surface area contributed by atoms with Crippen LogP contribution in [0.15, 0.2) is 72.8 Å². The molecular formula is C27H24N2. The summed E-state index contributed by atoms with van der Waals surface area (Å²) in [6, 6.07) is 26.8. The van der Waals surface area contributed by atoms with E-state index in [-0.39, 0.29) is 0 Å². The van der Waals surface area contributed by atoms with Crippen molar-refractivity contribution < 1.29 is 0 Å². The summed E-state index contributed by atoms with van der Waals surface area (Å²) in [5.41, 5.74) is 11.1. The van der Waals surface area contributed by atoms with Gasteiger partial charge in [-0.15, -0.1) is 0 Å². The Morgan fingerprint density at radius 1 is 0.759 bits per heavy atom. The maximum Gasteiger partial charge on any atom is 0.103 e. The molecule has 0 bridgehead atoms. The summed E-state index contributed by atoms with van der Waals surface area (Å²) < 4.78 is 0. The van der Waals surface area contributed by atoms with Crippen molar-refractivity contribution in [3.05, 3.63) is 89.5 Å². The van der Waals surface area contributed by atoms with Crippen molar-refractivity contribution in [3.8, 4) is 11.1 Å². The molecule has 4 aromatic rings. The van der Waals surface area contributed by atoms with E-state index in [0.29, 0.717) is 6.17 Å². The van der Waals surface area contributed by atoms with Gasteiger partial charge in [0, 0.05) is 12.7 Å².